The standard InChI is InChI=1S/C16H24N2O2/c1-4-10-18(11-15-8-6-5-7-9-15)12-16(19)17-14(2)13-20-3/h4-9,14H,1,10-13H2,2-3H3,(H,17,19). The van der Waals surface area contributed by atoms with Gasteiger partial charge in [-0.2, -0.15) is 0 Å². The van der Waals surface area contributed by atoms with Crippen molar-refractivity contribution in [1.82, 2.24) is 10.2 Å². The first kappa shape index (κ1) is 16.4. The van der Waals surface area contributed by atoms with Gasteiger partial charge in [-0.05, 0) is 12.5 Å². The Hall–Kier alpha value is -1.65. The lowest BCUT2D eigenvalue weighted by atomic mass is 10.2. The Morgan fingerprint density at radius 1 is 1.45 bits per heavy atom. The third kappa shape index (κ3) is 6.50. The monoisotopic (exact) mass is 276 g/mol. The van der Waals surface area contributed by atoms with Crippen LogP contribution in [-0.2, 0) is 16.1 Å². The molecule has 0 aliphatic rings. The predicted molar refractivity (Wildman–Crippen MR) is 81.4 cm³/mol. The maximum Gasteiger partial charge on any atom is 0.234 e. The van der Waals surface area contributed by atoms with Gasteiger partial charge < -0.3 is 10.1 Å². The van der Waals surface area contributed by atoms with E-state index in [2.05, 4.69) is 28.9 Å². The summed E-state index contributed by atoms with van der Waals surface area (Å²) in [5, 5.41) is 2.92. The van der Waals surface area contributed by atoms with Crippen LogP contribution in [0.2, 0.25) is 0 Å². The Kier molecular flexibility index (Phi) is 7.62. The fraction of sp³-hybridized carbons (Fsp3) is 0.438. The molecule has 1 aromatic rings. The number of nitrogens with one attached hydrogen (secondary N) is 1. The van der Waals surface area contributed by atoms with Crippen LogP contribution in [0.3, 0.4) is 0 Å². The number of rotatable bonds is 9. The minimum absolute atomic E-state index is 0.00679. The lowest BCUT2D eigenvalue weighted by Crippen LogP contribution is -2.42. The Bertz CT molecular complexity index is 406. The summed E-state index contributed by atoms with van der Waals surface area (Å²) in [6, 6.07) is 10.1. The van der Waals surface area contributed by atoms with Crippen LogP contribution in [0, 0.1) is 0 Å². The van der Waals surface area contributed by atoms with Gasteiger partial charge in [-0.1, -0.05) is 36.4 Å². The van der Waals surface area contributed by atoms with Gasteiger partial charge in [0.25, 0.3) is 0 Å². The summed E-state index contributed by atoms with van der Waals surface area (Å²) >= 11 is 0. The van der Waals surface area contributed by atoms with Crippen molar-refractivity contribution in [3.8, 4) is 0 Å². The summed E-state index contributed by atoms with van der Waals surface area (Å²) in [5.41, 5.74) is 1.19. The molecule has 1 N–H and O–H groups in total. The van der Waals surface area contributed by atoms with Crippen LogP contribution in [-0.4, -0.2) is 43.7 Å². The fourth-order valence-electron chi connectivity index (χ4n) is 2.02. The maximum atomic E-state index is 12.0. The van der Waals surface area contributed by atoms with Crippen LogP contribution in [0.4, 0.5) is 0 Å². The average molecular weight is 276 g/mol. The van der Waals surface area contributed by atoms with E-state index < -0.39 is 0 Å². The largest absolute Gasteiger partial charge is 0.383 e. The molecule has 0 saturated heterocycles. The van der Waals surface area contributed by atoms with Crippen LogP contribution in [0.1, 0.15) is 12.5 Å². The smallest absolute Gasteiger partial charge is 0.234 e. The van der Waals surface area contributed by atoms with Crippen LogP contribution in [0.5, 0.6) is 0 Å². The van der Waals surface area contributed by atoms with Crippen molar-refractivity contribution < 1.29 is 9.53 Å². The minimum Gasteiger partial charge on any atom is -0.383 e. The third-order valence-electron chi connectivity index (χ3n) is 2.83. The van der Waals surface area contributed by atoms with Crippen LogP contribution < -0.4 is 5.32 Å². The van der Waals surface area contributed by atoms with E-state index in [1.165, 1.54) is 5.56 Å². The molecule has 4 nitrogen and oxygen atoms in total. The van der Waals surface area contributed by atoms with E-state index in [0.717, 1.165) is 6.54 Å². The van der Waals surface area contributed by atoms with Gasteiger partial charge >= 0.3 is 0 Å². The lowest BCUT2D eigenvalue weighted by Gasteiger charge is -2.21. The summed E-state index contributed by atoms with van der Waals surface area (Å²) in [6.45, 7) is 7.97. The second kappa shape index (κ2) is 9.28. The highest BCUT2D eigenvalue weighted by Crippen LogP contribution is 2.04. The number of methoxy groups -OCH3 is 1. The first-order valence-corrected chi connectivity index (χ1v) is 6.81. The molecule has 1 aromatic carbocycles. The molecule has 1 amide bonds. The molecule has 110 valence electrons. The molecule has 0 saturated carbocycles. The molecule has 0 heterocycles. The first-order valence-electron chi connectivity index (χ1n) is 6.81. The second-order valence-corrected chi connectivity index (χ2v) is 4.87. The molecule has 0 aliphatic carbocycles. The zero-order chi connectivity index (χ0) is 14.8. The third-order valence-corrected chi connectivity index (χ3v) is 2.83. The minimum atomic E-state index is 0.00679. The number of ether oxygens (including phenoxy) is 1. The highest BCUT2D eigenvalue weighted by Gasteiger charge is 2.12. The number of amides is 1. The topological polar surface area (TPSA) is 41.6 Å². The molecule has 0 bridgehead atoms. The van der Waals surface area contributed by atoms with Crippen LogP contribution >= 0.6 is 0 Å². The van der Waals surface area contributed by atoms with Gasteiger partial charge in [-0.25, -0.2) is 0 Å². The molecule has 1 unspecified atom stereocenters. The van der Waals surface area contributed by atoms with E-state index in [9.17, 15) is 4.79 Å². The quantitative estimate of drug-likeness (QED) is 0.700. The molecular formula is C16H24N2O2. The first-order chi connectivity index (χ1) is 9.65. The van der Waals surface area contributed by atoms with Crippen molar-refractivity contribution >= 4 is 5.91 Å². The van der Waals surface area contributed by atoms with Gasteiger partial charge in [0.2, 0.25) is 5.91 Å². The molecule has 0 aromatic heterocycles. The van der Waals surface area contributed by atoms with E-state index in [1.54, 1.807) is 7.11 Å². The summed E-state index contributed by atoms with van der Waals surface area (Å²) in [5.74, 6) is 0.00679. The molecule has 0 fully saturated rings. The van der Waals surface area contributed by atoms with Gasteiger partial charge in [0.1, 0.15) is 0 Å². The fourth-order valence-corrected chi connectivity index (χ4v) is 2.02. The number of benzene rings is 1. The molecule has 0 aliphatic heterocycles. The van der Waals surface area contributed by atoms with E-state index in [4.69, 9.17) is 4.74 Å². The van der Waals surface area contributed by atoms with E-state index in [0.29, 0.717) is 19.7 Å². The second-order valence-electron chi connectivity index (χ2n) is 4.87. The zero-order valence-corrected chi connectivity index (χ0v) is 12.3. The molecule has 1 atom stereocenters. The van der Waals surface area contributed by atoms with E-state index in [-0.39, 0.29) is 11.9 Å². The molecule has 1 rings (SSSR count). The van der Waals surface area contributed by atoms with Gasteiger partial charge in [-0.15, -0.1) is 6.58 Å². The number of hydrogen-bond acceptors (Lipinski definition) is 3. The number of nitrogens with zero attached hydrogens (tertiary/aromatic N) is 1. The number of carbonyl (C=O) groups excluding carboxylic acids is 1. The zero-order valence-electron chi connectivity index (χ0n) is 12.3. The summed E-state index contributed by atoms with van der Waals surface area (Å²) in [7, 11) is 1.63. The van der Waals surface area contributed by atoms with Crippen molar-refractivity contribution in [3.63, 3.8) is 0 Å². The van der Waals surface area contributed by atoms with E-state index >= 15 is 0 Å². The maximum absolute atomic E-state index is 12.0. The van der Waals surface area contributed by atoms with Crippen molar-refractivity contribution in [2.24, 2.45) is 0 Å². The Balaban J connectivity index is 2.50. The highest BCUT2D eigenvalue weighted by atomic mass is 16.5. The molecule has 4 heteroatoms. The summed E-state index contributed by atoms with van der Waals surface area (Å²) < 4.78 is 5.01. The Labute approximate surface area is 121 Å². The Morgan fingerprint density at radius 2 is 2.15 bits per heavy atom. The van der Waals surface area contributed by atoms with Gasteiger partial charge in [0, 0.05) is 26.2 Å². The van der Waals surface area contributed by atoms with E-state index in [1.807, 2.05) is 31.2 Å². The molecule has 0 spiro atoms. The molecular weight excluding hydrogens is 252 g/mol. The summed E-state index contributed by atoms with van der Waals surface area (Å²) in [4.78, 5) is 14.0. The van der Waals surface area contributed by atoms with Crippen molar-refractivity contribution in [2.45, 2.75) is 19.5 Å². The number of carbonyl (C=O) groups is 1. The van der Waals surface area contributed by atoms with Crippen molar-refractivity contribution in [1.29, 1.82) is 0 Å². The lowest BCUT2D eigenvalue weighted by molar-refractivity contribution is -0.123. The normalized spacial score (nSPS) is 12.2. The Morgan fingerprint density at radius 3 is 2.75 bits per heavy atom. The van der Waals surface area contributed by atoms with Gasteiger partial charge in [-0.3, -0.25) is 9.69 Å². The predicted octanol–water partition coefficient (Wildman–Crippen LogP) is 1.83. The summed E-state index contributed by atoms with van der Waals surface area (Å²) in [6.07, 6.45) is 1.81. The van der Waals surface area contributed by atoms with Crippen LogP contribution in [0.15, 0.2) is 43.0 Å². The van der Waals surface area contributed by atoms with Gasteiger partial charge in [0.05, 0.1) is 13.2 Å². The molecule has 20 heavy (non-hydrogen) atoms. The average Bonchev–Trinajstić information content (AvgIpc) is 2.40. The van der Waals surface area contributed by atoms with Crippen molar-refractivity contribution in [2.75, 3.05) is 26.8 Å². The highest BCUT2D eigenvalue weighted by molar-refractivity contribution is 5.78. The number of hydrogen-bond donors (Lipinski definition) is 1. The van der Waals surface area contributed by atoms with Crippen molar-refractivity contribution in [3.05, 3.63) is 48.6 Å². The van der Waals surface area contributed by atoms with Gasteiger partial charge in [0.15, 0.2) is 0 Å². The molecule has 0 radical (unpaired) electrons. The van der Waals surface area contributed by atoms with Crippen LogP contribution in [0.25, 0.3) is 0 Å². The SMILES string of the molecule is C=CCN(CC(=O)NC(C)COC)Cc1ccccc1.